The molecule has 1 N–H and O–H groups in total. The van der Waals surface area contributed by atoms with Gasteiger partial charge in [-0.3, -0.25) is 4.68 Å². The minimum absolute atomic E-state index is 0.836. The highest BCUT2D eigenvalue weighted by Crippen LogP contribution is 2.21. The van der Waals surface area contributed by atoms with Crippen LogP contribution in [0, 0.1) is 0 Å². The zero-order valence-corrected chi connectivity index (χ0v) is 14.1. The van der Waals surface area contributed by atoms with E-state index < -0.39 is 0 Å². The maximum absolute atomic E-state index is 4.49. The third-order valence-corrected chi connectivity index (χ3v) is 4.76. The predicted octanol–water partition coefficient (Wildman–Crippen LogP) is 2.73. The summed E-state index contributed by atoms with van der Waals surface area (Å²) < 4.78 is 2.00. The van der Waals surface area contributed by atoms with Crippen LogP contribution >= 0.6 is 0 Å². The minimum Gasteiger partial charge on any atom is -0.311 e. The molecule has 0 saturated heterocycles. The molecule has 1 aliphatic carbocycles. The summed E-state index contributed by atoms with van der Waals surface area (Å²) >= 11 is 0. The van der Waals surface area contributed by atoms with Gasteiger partial charge in [-0.2, -0.15) is 5.10 Å². The molecule has 0 aromatic carbocycles. The summed E-state index contributed by atoms with van der Waals surface area (Å²) in [5.41, 5.74) is 2.47. The summed E-state index contributed by atoms with van der Waals surface area (Å²) in [6.07, 6.45) is 9.33. The zero-order valence-electron chi connectivity index (χ0n) is 14.1. The molecule has 0 atom stereocenters. The van der Waals surface area contributed by atoms with Crippen molar-refractivity contribution in [3.8, 4) is 0 Å². The smallest absolute Gasteiger partial charge is 0.0625 e. The molecule has 4 nitrogen and oxygen atoms in total. The van der Waals surface area contributed by atoms with Gasteiger partial charge in [-0.05, 0) is 51.9 Å². The molecule has 0 radical (unpaired) electrons. The van der Waals surface area contributed by atoms with Crippen molar-refractivity contribution in [3.05, 3.63) is 17.5 Å². The molecule has 0 spiro atoms. The van der Waals surface area contributed by atoms with Gasteiger partial charge < -0.3 is 10.2 Å². The first-order valence-electron chi connectivity index (χ1n) is 8.63. The first kappa shape index (κ1) is 16.5. The van der Waals surface area contributed by atoms with E-state index in [-0.39, 0.29) is 0 Å². The third-order valence-electron chi connectivity index (χ3n) is 4.76. The van der Waals surface area contributed by atoms with E-state index in [2.05, 4.69) is 35.4 Å². The average Bonchev–Trinajstić information content (AvgIpc) is 2.88. The Balaban J connectivity index is 1.59. The molecule has 21 heavy (non-hydrogen) atoms. The Morgan fingerprint density at radius 2 is 2.10 bits per heavy atom. The summed E-state index contributed by atoms with van der Waals surface area (Å²) in [4.78, 5) is 2.57. The van der Waals surface area contributed by atoms with Gasteiger partial charge in [-0.15, -0.1) is 0 Å². The first-order chi connectivity index (χ1) is 10.2. The number of nitrogens with zero attached hydrogens (tertiary/aromatic N) is 3. The highest BCUT2D eigenvalue weighted by atomic mass is 15.3. The molecular formula is C17H32N4. The van der Waals surface area contributed by atoms with Crippen LogP contribution in [0.1, 0.15) is 56.8 Å². The van der Waals surface area contributed by atoms with Gasteiger partial charge >= 0.3 is 0 Å². The van der Waals surface area contributed by atoms with Crippen molar-refractivity contribution in [3.63, 3.8) is 0 Å². The van der Waals surface area contributed by atoms with Crippen molar-refractivity contribution in [2.24, 2.45) is 7.05 Å². The van der Waals surface area contributed by atoms with E-state index in [0.29, 0.717) is 0 Å². The fourth-order valence-electron chi connectivity index (χ4n) is 3.28. The molecule has 1 fully saturated rings. The fourth-order valence-corrected chi connectivity index (χ4v) is 3.28. The maximum Gasteiger partial charge on any atom is 0.0625 e. The summed E-state index contributed by atoms with van der Waals surface area (Å²) in [5.74, 6) is 0. The van der Waals surface area contributed by atoms with E-state index in [9.17, 15) is 0 Å². The van der Waals surface area contributed by atoms with Gasteiger partial charge in [0.1, 0.15) is 0 Å². The Hall–Kier alpha value is -0.870. The maximum atomic E-state index is 4.49. The molecule has 1 saturated carbocycles. The van der Waals surface area contributed by atoms with Gasteiger partial charge in [0.15, 0.2) is 0 Å². The number of nitrogens with one attached hydrogen (secondary N) is 1. The zero-order chi connectivity index (χ0) is 15.1. The van der Waals surface area contributed by atoms with Gasteiger partial charge in [0.2, 0.25) is 0 Å². The Morgan fingerprint density at radius 1 is 1.33 bits per heavy atom. The summed E-state index contributed by atoms with van der Waals surface area (Å²) in [5, 5.41) is 8.04. The molecular weight excluding hydrogens is 260 g/mol. The third kappa shape index (κ3) is 5.11. The Morgan fingerprint density at radius 3 is 2.76 bits per heavy atom. The second-order valence-electron chi connectivity index (χ2n) is 6.41. The number of rotatable bonds is 8. The molecule has 1 aromatic rings. The summed E-state index contributed by atoms with van der Waals surface area (Å²) in [6.45, 7) is 5.38. The van der Waals surface area contributed by atoms with Crippen molar-refractivity contribution < 1.29 is 0 Å². The Bertz CT molecular complexity index is 407. The molecule has 4 heteroatoms. The molecule has 1 aromatic heterocycles. The van der Waals surface area contributed by atoms with Crippen molar-refractivity contribution in [2.75, 3.05) is 20.1 Å². The van der Waals surface area contributed by atoms with Crippen LogP contribution in [-0.4, -0.2) is 40.9 Å². The topological polar surface area (TPSA) is 33.1 Å². The Kier molecular flexibility index (Phi) is 6.71. The molecule has 0 bridgehead atoms. The number of aromatic nitrogens is 2. The number of aryl methyl sites for hydroxylation is 2. The van der Waals surface area contributed by atoms with Crippen LogP contribution in [0.2, 0.25) is 0 Å². The van der Waals surface area contributed by atoms with E-state index in [1.54, 1.807) is 0 Å². The molecule has 1 heterocycles. The summed E-state index contributed by atoms with van der Waals surface area (Å²) in [7, 11) is 4.33. The second kappa shape index (κ2) is 8.54. The van der Waals surface area contributed by atoms with Crippen LogP contribution in [-0.2, 0) is 20.0 Å². The lowest BCUT2D eigenvalue weighted by Gasteiger charge is -2.31. The fraction of sp³-hybridized carbons (Fsp3) is 0.824. The lowest BCUT2D eigenvalue weighted by molar-refractivity contribution is 0.189. The Labute approximate surface area is 129 Å². The SMILES string of the molecule is CCc1cc(CNCCCN(C)C2CCCCC2)n(C)n1. The molecule has 0 amide bonds. The largest absolute Gasteiger partial charge is 0.311 e. The van der Waals surface area contributed by atoms with E-state index in [1.807, 2.05) is 11.7 Å². The van der Waals surface area contributed by atoms with Gasteiger partial charge in [-0.25, -0.2) is 0 Å². The van der Waals surface area contributed by atoms with E-state index in [4.69, 9.17) is 0 Å². The van der Waals surface area contributed by atoms with Crippen LogP contribution in [0.25, 0.3) is 0 Å². The quantitative estimate of drug-likeness (QED) is 0.748. The molecule has 0 aliphatic heterocycles. The monoisotopic (exact) mass is 292 g/mol. The van der Waals surface area contributed by atoms with Crippen molar-refractivity contribution >= 4 is 0 Å². The number of hydrogen-bond donors (Lipinski definition) is 1. The van der Waals surface area contributed by atoms with Gasteiger partial charge in [0, 0.05) is 19.6 Å². The normalized spacial score (nSPS) is 16.8. The van der Waals surface area contributed by atoms with E-state index >= 15 is 0 Å². The predicted molar refractivity (Wildman–Crippen MR) is 88.4 cm³/mol. The minimum atomic E-state index is 0.836. The van der Waals surface area contributed by atoms with Gasteiger partial charge in [0.25, 0.3) is 0 Å². The van der Waals surface area contributed by atoms with Crippen molar-refractivity contribution in [1.29, 1.82) is 0 Å². The lowest BCUT2D eigenvalue weighted by atomic mass is 9.94. The van der Waals surface area contributed by atoms with Crippen LogP contribution in [0.3, 0.4) is 0 Å². The lowest BCUT2D eigenvalue weighted by Crippen LogP contribution is -2.35. The van der Waals surface area contributed by atoms with E-state index in [1.165, 1.54) is 56.5 Å². The summed E-state index contributed by atoms with van der Waals surface area (Å²) in [6, 6.07) is 3.05. The molecule has 1 aliphatic rings. The van der Waals surface area contributed by atoms with Crippen LogP contribution < -0.4 is 5.32 Å². The van der Waals surface area contributed by atoms with Crippen molar-refractivity contribution in [2.45, 2.75) is 64.5 Å². The first-order valence-corrected chi connectivity index (χ1v) is 8.63. The van der Waals surface area contributed by atoms with Crippen LogP contribution in [0.4, 0.5) is 0 Å². The second-order valence-corrected chi connectivity index (χ2v) is 6.41. The van der Waals surface area contributed by atoms with Gasteiger partial charge in [0.05, 0.1) is 11.4 Å². The van der Waals surface area contributed by atoms with E-state index in [0.717, 1.165) is 25.6 Å². The highest BCUT2D eigenvalue weighted by molar-refractivity contribution is 5.09. The van der Waals surface area contributed by atoms with Crippen LogP contribution in [0.5, 0.6) is 0 Å². The van der Waals surface area contributed by atoms with Crippen LogP contribution in [0.15, 0.2) is 6.07 Å². The van der Waals surface area contributed by atoms with Crippen molar-refractivity contribution in [1.82, 2.24) is 20.0 Å². The number of hydrogen-bond acceptors (Lipinski definition) is 3. The molecule has 2 rings (SSSR count). The molecule has 0 unspecified atom stereocenters. The van der Waals surface area contributed by atoms with Gasteiger partial charge in [-0.1, -0.05) is 26.2 Å². The standard InChI is InChI=1S/C17H32N4/c1-4-15-13-17(21(3)19-15)14-18-11-8-12-20(2)16-9-6-5-7-10-16/h13,16,18H,4-12,14H2,1-3H3. The highest BCUT2D eigenvalue weighted by Gasteiger charge is 2.17. The molecule has 120 valence electrons. The average molecular weight is 292 g/mol.